The molecule has 1 aromatic rings. The van der Waals surface area contributed by atoms with Gasteiger partial charge in [0.2, 0.25) is 10.0 Å². The maximum Gasteiger partial charge on any atom is 0.293 e. The Balaban J connectivity index is 3.43. The van der Waals surface area contributed by atoms with Crippen LogP contribution in [0.4, 0.5) is 11.4 Å². The van der Waals surface area contributed by atoms with Crippen molar-refractivity contribution in [2.24, 2.45) is 0 Å². The van der Waals surface area contributed by atoms with Gasteiger partial charge in [0.05, 0.1) is 9.82 Å². The third-order valence-corrected chi connectivity index (χ3v) is 4.75. The van der Waals surface area contributed by atoms with Crippen LogP contribution in [-0.4, -0.2) is 31.2 Å². The fourth-order valence-electron chi connectivity index (χ4n) is 1.74. The lowest BCUT2D eigenvalue weighted by Gasteiger charge is -2.17. The minimum Gasteiger partial charge on any atom is -0.393 e. The summed E-state index contributed by atoms with van der Waals surface area (Å²) >= 11 is 0. The molecule has 7 nitrogen and oxygen atoms in total. The van der Waals surface area contributed by atoms with Gasteiger partial charge < -0.3 is 5.73 Å². The summed E-state index contributed by atoms with van der Waals surface area (Å²) in [5, 5.41) is 10.8. The Labute approximate surface area is 112 Å². The van der Waals surface area contributed by atoms with Gasteiger partial charge in [-0.15, -0.1) is 0 Å². The Kier molecular flexibility index (Phi) is 4.48. The molecule has 0 heterocycles. The Morgan fingerprint density at radius 2 is 2.00 bits per heavy atom. The van der Waals surface area contributed by atoms with Crippen molar-refractivity contribution in [1.82, 2.24) is 4.31 Å². The van der Waals surface area contributed by atoms with E-state index in [4.69, 9.17) is 5.73 Å². The second-order valence-corrected chi connectivity index (χ2v) is 6.27. The number of nitrogens with two attached hydrogens (primary N) is 1. The minimum atomic E-state index is -3.73. The largest absolute Gasteiger partial charge is 0.393 e. The van der Waals surface area contributed by atoms with Crippen molar-refractivity contribution in [2.45, 2.75) is 25.2 Å². The summed E-state index contributed by atoms with van der Waals surface area (Å²) in [4.78, 5) is 10.1. The number of rotatable bonds is 5. The first kappa shape index (κ1) is 15.4. The number of nitrogen functional groups attached to an aromatic ring is 1. The fourth-order valence-corrected chi connectivity index (χ4v) is 3.22. The molecule has 2 N–H and O–H groups in total. The fraction of sp³-hybridized carbons (Fsp3) is 0.455. The van der Waals surface area contributed by atoms with E-state index in [-0.39, 0.29) is 10.6 Å². The predicted molar refractivity (Wildman–Crippen MR) is 72.4 cm³/mol. The molecule has 0 atom stereocenters. The summed E-state index contributed by atoms with van der Waals surface area (Å²) in [6, 6.07) is 2.33. The third-order valence-electron chi connectivity index (χ3n) is 2.75. The highest BCUT2D eigenvalue weighted by Gasteiger charge is 2.26. The molecule has 0 radical (unpaired) electrons. The van der Waals surface area contributed by atoms with Gasteiger partial charge in [-0.3, -0.25) is 10.1 Å². The van der Waals surface area contributed by atoms with Gasteiger partial charge in [0, 0.05) is 19.7 Å². The van der Waals surface area contributed by atoms with E-state index in [0.29, 0.717) is 18.5 Å². The Morgan fingerprint density at radius 1 is 1.42 bits per heavy atom. The molecule has 0 saturated carbocycles. The molecule has 0 fully saturated rings. The lowest BCUT2D eigenvalue weighted by molar-refractivity contribution is -0.384. The van der Waals surface area contributed by atoms with Crippen LogP contribution in [-0.2, 0) is 10.0 Å². The van der Waals surface area contributed by atoms with E-state index in [1.807, 2.05) is 6.92 Å². The van der Waals surface area contributed by atoms with Crippen LogP contribution in [0.25, 0.3) is 0 Å². The van der Waals surface area contributed by atoms with Crippen molar-refractivity contribution in [3.05, 3.63) is 27.8 Å². The van der Waals surface area contributed by atoms with E-state index in [1.54, 1.807) is 6.92 Å². The lowest BCUT2D eigenvalue weighted by atomic mass is 10.2. The van der Waals surface area contributed by atoms with Gasteiger partial charge in [-0.25, -0.2) is 12.7 Å². The zero-order valence-electron chi connectivity index (χ0n) is 11.1. The number of benzene rings is 1. The van der Waals surface area contributed by atoms with Crippen LogP contribution in [0.15, 0.2) is 17.0 Å². The van der Waals surface area contributed by atoms with Gasteiger partial charge in [0.1, 0.15) is 5.69 Å². The number of nitrogens with zero attached hydrogens (tertiary/aromatic N) is 2. The lowest BCUT2D eigenvalue weighted by Crippen LogP contribution is -2.28. The van der Waals surface area contributed by atoms with Crippen molar-refractivity contribution in [1.29, 1.82) is 0 Å². The number of hydrogen-bond acceptors (Lipinski definition) is 5. The highest BCUT2D eigenvalue weighted by atomic mass is 32.2. The van der Waals surface area contributed by atoms with Crippen molar-refractivity contribution < 1.29 is 13.3 Å². The van der Waals surface area contributed by atoms with Gasteiger partial charge in [0.15, 0.2) is 0 Å². The smallest absolute Gasteiger partial charge is 0.293 e. The predicted octanol–water partition coefficient (Wildman–Crippen LogP) is 1.52. The molecule has 1 rings (SSSR count). The molecule has 1 aromatic carbocycles. The number of nitro groups is 1. The molecule has 0 saturated heterocycles. The molecule has 19 heavy (non-hydrogen) atoms. The summed E-state index contributed by atoms with van der Waals surface area (Å²) in [6.45, 7) is 3.76. The molecule has 106 valence electrons. The van der Waals surface area contributed by atoms with Crippen molar-refractivity contribution in [3.8, 4) is 0 Å². The number of aryl methyl sites for hydroxylation is 1. The average Bonchev–Trinajstić information content (AvgIpc) is 2.28. The van der Waals surface area contributed by atoms with Crippen LogP contribution in [0.3, 0.4) is 0 Å². The summed E-state index contributed by atoms with van der Waals surface area (Å²) in [5.74, 6) is 0. The quantitative estimate of drug-likeness (QED) is 0.502. The van der Waals surface area contributed by atoms with Gasteiger partial charge in [-0.2, -0.15) is 0 Å². The van der Waals surface area contributed by atoms with E-state index in [2.05, 4.69) is 0 Å². The zero-order valence-corrected chi connectivity index (χ0v) is 11.9. The van der Waals surface area contributed by atoms with Gasteiger partial charge in [0.25, 0.3) is 5.69 Å². The van der Waals surface area contributed by atoms with Gasteiger partial charge in [-0.1, -0.05) is 6.92 Å². The van der Waals surface area contributed by atoms with E-state index >= 15 is 0 Å². The van der Waals surface area contributed by atoms with Crippen molar-refractivity contribution >= 4 is 21.4 Å². The van der Waals surface area contributed by atoms with Gasteiger partial charge in [-0.05, 0) is 25.0 Å². The standard InChI is InChI=1S/C11H17N3O4S/c1-4-5-13(3)19(17,18)11-7-10(14(15)16)9(12)6-8(11)2/h6-7H,4-5,12H2,1-3H3. The average molecular weight is 287 g/mol. The van der Waals surface area contributed by atoms with Gasteiger partial charge >= 0.3 is 0 Å². The molecular formula is C11H17N3O4S. The molecule has 8 heteroatoms. The van der Waals surface area contributed by atoms with Crippen molar-refractivity contribution in [2.75, 3.05) is 19.3 Å². The second-order valence-electron chi connectivity index (χ2n) is 4.26. The first-order chi connectivity index (χ1) is 8.71. The summed E-state index contributed by atoms with van der Waals surface area (Å²) in [6.07, 6.45) is 0.659. The topological polar surface area (TPSA) is 107 Å². The molecule has 0 aromatic heterocycles. The first-order valence-corrected chi connectivity index (χ1v) is 7.16. The summed E-state index contributed by atoms with van der Waals surface area (Å²) in [7, 11) is -2.29. The number of anilines is 1. The monoisotopic (exact) mass is 287 g/mol. The molecular weight excluding hydrogens is 270 g/mol. The first-order valence-electron chi connectivity index (χ1n) is 5.72. The van der Waals surface area contributed by atoms with E-state index in [9.17, 15) is 18.5 Å². The Bertz CT molecular complexity index is 598. The number of sulfonamides is 1. The summed E-state index contributed by atoms with van der Waals surface area (Å²) in [5.41, 5.74) is 5.48. The zero-order chi connectivity index (χ0) is 14.8. The van der Waals surface area contributed by atoms with Crippen LogP contribution in [0.2, 0.25) is 0 Å². The minimum absolute atomic E-state index is 0.0420. The third kappa shape index (κ3) is 3.02. The molecule has 0 aliphatic rings. The Hall–Kier alpha value is -1.67. The molecule has 0 spiro atoms. The molecule has 0 aliphatic heterocycles. The second kappa shape index (κ2) is 5.54. The maximum atomic E-state index is 12.3. The van der Waals surface area contributed by atoms with Crippen molar-refractivity contribution in [3.63, 3.8) is 0 Å². The summed E-state index contributed by atoms with van der Waals surface area (Å²) < 4.78 is 25.8. The van der Waals surface area contributed by atoms with Crippen LogP contribution in [0.5, 0.6) is 0 Å². The van der Waals surface area contributed by atoms with Crippen LogP contribution in [0.1, 0.15) is 18.9 Å². The van der Waals surface area contributed by atoms with E-state index in [1.165, 1.54) is 17.4 Å². The number of nitro benzene ring substituents is 1. The highest BCUT2D eigenvalue weighted by Crippen LogP contribution is 2.29. The normalized spacial score (nSPS) is 11.8. The Morgan fingerprint density at radius 3 is 2.47 bits per heavy atom. The molecule has 0 bridgehead atoms. The molecule has 0 unspecified atom stereocenters. The molecule has 0 amide bonds. The van der Waals surface area contributed by atoms with Crippen LogP contribution in [0, 0.1) is 17.0 Å². The van der Waals surface area contributed by atoms with Crippen LogP contribution >= 0.6 is 0 Å². The van der Waals surface area contributed by atoms with E-state index < -0.39 is 20.6 Å². The maximum absolute atomic E-state index is 12.3. The SMILES string of the molecule is CCCN(C)S(=O)(=O)c1cc([N+](=O)[O-])c(N)cc1C. The number of hydrogen-bond donors (Lipinski definition) is 1. The molecule has 0 aliphatic carbocycles. The van der Waals surface area contributed by atoms with Crippen LogP contribution < -0.4 is 5.73 Å². The van der Waals surface area contributed by atoms with E-state index in [0.717, 1.165) is 6.07 Å². The highest BCUT2D eigenvalue weighted by molar-refractivity contribution is 7.89.